The summed E-state index contributed by atoms with van der Waals surface area (Å²) in [6, 6.07) is 2.98. The Morgan fingerprint density at radius 2 is 2.25 bits per heavy atom. The Bertz CT molecular complexity index is 342. The number of furan rings is 1. The third-order valence-corrected chi connectivity index (χ3v) is 3.54. The minimum absolute atomic E-state index is 0.794. The first-order chi connectivity index (χ1) is 7.70. The second-order valence-corrected chi connectivity index (χ2v) is 4.82. The third kappa shape index (κ3) is 2.47. The minimum atomic E-state index is 0.794. The summed E-state index contributed by atoms with van der Waals surface area (Å²) in [6.07, 6.45) is 4.11. The van der Waals surface area contributed by atoms with Crippen LogP contribution < -0.4 is 5.32 Å². The Morgan fingerprint density at radius 1 is 1.50 bits per heavy atom. The molecular weight excluding hydrogens is 200 g/mol. The summed E-state index contributed by atoms with van der Waals surface area (Å²) in [5, 5.41) is 3.12. The van der Waals surface area contributed by atoms with Gasteiger partial charge in [-0.3, -0.25) is 4.90 Å². The summed E-state index contributed by atoms with van der Waals surface area (Å²) in [5.41, 5.74) is 1.33. The molecule has 3 heteroatoms. The van der Waals surface area contributed by atoms with Gasteiger partial charge in [0.15, 0.2) is 0 Å². The van der Waals surface area contributed by atoms with Crippen molar-refractivity contribution in [3.05, 3.63) is 23.2 Å². The first-order valence-electron chi connectivity index (χ1n) is 6.13. The number of hydrogen-bond donors (Lipinski definition) is 1. The normalized spacial score (nSPS) is 16.8. The quantitative estimate of drug-likeness (QED) is 0.828. The van der Waals surface area contributed by atoms with E-state index in [-0.39, 0.29) is 0 Å². The molecule has 1 saturated carbocycles. The van der Waals surface area contributed by atoms with Crippen molar-refractivity contribution in [2.45, 2.75) is 45.3 Å². The van der Waals surface area contributed by atoms with Crippen molar-refractivity contribution in [2.24, 2.45) is 0 Å². The van der Waals surface area contributed by atoms with Gasteiger partial charge in [-0.1, -0.05) is 6.42 Å². The van der Waals surface area contributed by atoms with Gasteiger partial charge in [-0.15, -0.1) is 0 Å². The summed E-state index contributed by atoms with van der Waals surface area (Å²) in [6.45, 7) is 3.89. The van der Waals surface area contributed by atoms with E-state index >= 15 is 0 Å². The van der Waals surface area contributed by atoms with Crippen LogP contribution in [0.1, 0.15) is 36.3 Å². The lowest BCUT2D eigenvalue weighted by molar-refractivity contribution is 0.152. The van der Waals surface area contributed by atoms with Crippen molar-refractivity contribution in [1.29, 1.82) is 0 Å². The van der Waals surface area contributed by atoms with Crippen LogP contribution in [0, 0.1) is 6.92 Å². The largest absolute Gasteiger partial charge is 0.465 e. The predicted octanol–water partition coefficient (Wildman–Crippen LogP) is 2.29. The summed E-state index contributed by atoms with van der Waals surface area (Å²) < 4.78 is 5.70. The molecule has 0 amide bonds. The molecule has 1 aromatic rings. The molecular formula is C13H22N2O. The van der Waals surface area contributed by atoms with E-state index in [2.05, 4.69) is 30.3 Å². The highest BCUT2D eigenvalue weighted by Crippen LogP contribution is 2.26. The summed E-state index contributed by atoms with van der Waals surface area (Å²) in [5.74, 6) is 2.11. The van der Waals surface area contributed by atoms with E-state index < -0.39 is 0 Å². The Balaban J connectivity index is 1.96. The van der Waals surface area contributed by atoms with E-state index in [1.54, 1.807) is 0 Å². The molecule has 3 nitrogen and oxygen atoms in total. The van der Waals surface area contributed by atoms with E-state index in [1.165, 1.54) is 24.8 Å². The van der Waals surface area contributed by atoms with Crippen LogP contribution in [0.25, 0.3) is 0 Å². The highest BCUT2D eigenvalue weighted by Gasteiger charge is 2.22. The number of hydrogen-bond acceptors (Lipinski definition) is 3. The molecule has 0 unspecified atom stereocenters. The molecule has 0 radical (unpaired) electrons. The van der Waals surface area contributed by atoms with Gasteiger partial charge >= 0.3 is 0 Å². The molecule has 0 aliphatic heterocycles. The summed E-state index contributed by atoms with van der Waals surface area (Å²) in [7, 11) is 4.16. The first kappa shape index (κ1) is 11.7. The van der Waals surface area contributed by atoms with Gasteiger partial charge in [0.05, 0.1) is 6.54 Å². The number of nitrogens with one attached hydrogen (secondary N) is 1. The maximum Gasteiger partial charge on any atom is 0.118 e. The molecule has 16 heavy (non-hydrogen) atoms. The van der Waals surface area contributed by atoms with Gasteiger partial charge in [0.1, 0.15) is 11.5 Å². The molecule has 0 atom stereocenters. The first-order valence-corrected chi connectivity index (χ1v) is 6.13. The summed E-state index contributed by atoms with van der Waals surface area (Å²) >= 11 is 0. The van der Waals surface area contributed by atoms with Crippen molar-refractivity contribution >= 4 is 0 Å². The van der Waals surface area contributed by atoms with Crippen LogP contribution in [0.4, 0.5) is 0 Å². The molecule has 0 spiro atoms. The van der Waals surface area contributed by atoms with Crippen LogP contribution in [0.3, 0.4) is 0 Å². The van der Waals surface area contributed by atoms with Gasteiger partial charge in [-0.25, -0.2) is 0 Å². The fraction of sp³-hybridized carbons (Fsp3) is 0.692. The minimum Gasteiger partial charge on any atom is -0.465 e. The monoisotopic (exact) mass is 222 g/mol. The van der Waals surface area contributed by atoms with Crippen LogP contribution >= 0.6 is 0 Å². The number of nitrogens with zero attached hydrogens (tertiary/aromatic N) is 1. The van der Waals surface area contributed by atoms with Crippen LogP contribution in [0.5, 0.6) is 0 Å². The van der Waals surface area contributed by atoms with E-state index in [0.29, 0.717) is 0 Å². The number of aryl methyl sites for hydroxylation is 1. The molecule has 1 aromatic heterocycles. The fourth-order valence-electron chi connectivity index (χ4n) is 2.23. The summed E-state index contributed by atoms with van der Waals surface area (Å²) in [4.78, 5) is 2.45. The maximum absolute atomic E-state index is 5.70. The zero-order valence-corrected chi connectivity index (χ0v) is 10.5. The molecule has 0 saturated heterocycles. The van der Waals surface area contributed by atoms with E-state index in [9.17, 15) is 0 Å². The molecule has 1 heterocycles. The van der Waals surface area contributed by atoms with E-state index in [0.717, 1.165) is 30.7 Å². The molecule has 90 valence electrons. The average molecular weight is 222 g/mol. The average Bonchev–Trinajstić information content (AvgIpc) is 2.44. The SMILES string of the molecule is CNCc1cc(CN(C)C2CCC2)c(C)o1. The van der Waals surface area contributed by atoms with Crippen LogP contribution in [-0.4, -0.2) is 25.0 Å². The van der Waals surface area contributed by atoms with Gasteiger partial charge in [-0.2, -0.15) is 0 Å². The van der Waals surface area contributed by atoms with Crippen molar-refractivity contribution in [2.75, 3.05) is 14.1 Å². The molecule has 2 rings (SSSR count). The number of rotatable bonds is 5. The lowest BCUT2D eigenvalue weighted by Gasteiger charge is -2.34. The van der Waals surface area contributed by atoms with Gasteiger partial charge in [0, 0.05) is 18.2 Å². The van der Waals surface area contributed by atoms with Crippen LogP contribution in [0.2, 0.25) is 0 Å². The Labute approximate surface area is 97.8 Å². The molecule has 1 N–H and O–H groups in total. The standard InChI is InChI=1S/C13H22N2O/c1-10-11(7-13(16-10)8-14-2)9-15(3)12-5-4-6-12/h7,12,14H,4-6,8-9H2,1-3H3. The topological polar surface area (TPSA) is 28.4 Å². The van der Waals surface area contributed by atoms with Crippen molar-refractivity contribution in [1.82, 2.24) is 10.2 Å². The third-order valence-electron chi connectivity index (χ3n) is 3.54. The van der Waals surface area contributed by atoms with Crippen molar-refractivity contribution in [3.63, 3.8) is 0 Å². The highest BCUT2D eigenvalue weighted by molar-refractivity contribution is 5.20. The lowest BCUT2D eigenvalue weighted by Crippen LogP contribution is -2.36. The molecule has 1 fully saturated rings. The second kappa shape index (κ2) is 5.02. The van der Waals surface area contributed by atoms with Crippen molar-refractivity contribution in [3.8, 4) is 0 Å². The van der Waals surface area contributed by atoms with Gasteiger partial charge < -0.3 is 9.73 Å². The second-order valence-electron chi connectivity index (χ2n) is 4.82. The van der Waals surface area contributed by atoms with E-state index in [1.807, 2.05) is 7.05 Å². The van der Waals surface area contributed by atoms with Gasteiger partial charge in [-0.05, 0) is 39.9 Å². The van der Waals surface area contributed by atoms with Crippen LogP contribution in [-0.2, 0) is 13.1 Å². The molecule has 1 aliphatic carbocycles. The zero-order chi connectivity index (χ0) is 11.5. The Hall–Kier alpha value is -0.800. The van der Waals surface area contributed by atoms with Crippen LogP contribution in [0.15, 0.2) is 10.5 Å². The van der Waals surface area contributed by atoms with E-state index in [4.69, 9.17) is 4.42 Å². The van der Waals surface area contributed by atoms with Crippen molar-refractivity contribution < 1.29 is 4.42 Å². The lowest BCUT2D eigenvalue weighted by atomic mass is 9.91. The fourth-order valence-corrected chi connectivity index (χ4v) is 2.23. The Kier molecular flexibility index (Phi) is 3.66. The maximum atomic E-state index is 5.70. The predicted molar refractivity (Wildman–Crippen MR) is 65.3 cm³/mol. The smallest absolute Gasteiger partial charge is 0.118 e. The van der Waals surface area contributed by atoms with Gasteiger partial charge in [0.2, 0.25) is 0 Å². The zero-order valence-electron chi connectivity index (χ0n) is 10.5. The molecule has 0 aromatic carbocycles. The van der Waals surface area contributed by atoms with Gasteiger partial charge in [0.25, 0.3) is 0 Å². The Morgan fingerprint density at radius 3 is 2.81 bits per heavy atom. The molecule has 0 bridgehead atoms. The molecule has 1 aliphatic rings. The highest BCUT2D eigenvalue weighted by atomic mass is 16.3.